The SMILES string of the molecule is O=C(c1ccncc1)N1N=C(C(F)(F)F)C[C@]1(O)c1ccc(F)cc1. The minimum Gasteiger partial charge on any atom is -0.365 e. The second kappa shape index (κ2) is 5.92. The minimum atomic E-state index is -4.82. The highest BCUT2D eigenvalue weighted by Gasteiger charge is 2.53. The van der Waals surface area contributed by atoms with Crippen molar-refractivity contribution in [2.45, 2.75) is 18.3 Å². The van der Waals surface area contributed by atoms with Crippen molar-refractivity contribution in [1.82, 2.24) is 9.99 Å². The van der Waals surface area contributed by atoms with E-state index < -0.39 is 35.8 Å². The maximum Gasteiger partial charge on any atom is 0.431 e. The summed E-state index contributed by atoms with van der Waals surface area (Å²) in [7, 11) is 0. The molecule has 0 saturated heterocycles. The second-order valence-corrected chi connectivity index (χ2v) is 5.40. The molecule has 0 spiro atoms. The number of aliphatic hydroxyl groups is 1. The van der Waals surface area contributed by atoms with Crippen LogP contribution in [-0.2, 0) is 5.72 Å². The van der Waals surface area contributed by atoms with Crippen molar-refractivity contribution in [3.63, 3.8) is 0 Å². The summed E-state index contributed by atoms with van der Waals surface area (Å²) in [5, 5.41) is 14.5. The predicted octanol–water partition coefficient (Wildman–Crippen LogP) is 2.83. The minimum absolute atomic E-state index is 0.00251. The summed E-state index contributed by atoms with van der Waals surface area (Å²) < 4.78 is 52.3. The quantitative estimate of drug-likeness (QED) is 0.845. The van der Waals surface area contributed by atoms with Crippen LogP contribution in [0.15, 0.2) is 53.9 Å². The molecule has 2 heterocycles. The van der Waals surface area contributed by atoms with Crippen LogP contribution in [0, 0.1) is 5.82 Å². The van der Waals surface area contributed by atoms with Crippen LogP contribution < -0.4 is 0 Å². The molecule has 5 nitrogen and oxygen atoms in total. The van der Waals surface area contributed by atoms with Crippen LogP contribution in [0.1, 0.15) is 22.3 Å². The van der Waals surface area contributed by atoms with Gasteiger partial charge in [-0.3, -0.25) is 9.78 Å². The molecule has 9 heteroatoms. The van der Waals surface area contributed by atoms with E-state index >= 15 is 0 Å². The number of rotatable bonds is 2. The lowest BCUT2D eigenvalue weighted by atomic mass is 9.96. The van der Waals surface area contributed by atoms with E-state index in [0.29, 0.717) is 5.01 Å². The van der Waals surface area contributed by atoms with Gasteiger partial charge in [-0.15, -0.1) is 0 Å². The van der Waals surface area contributed by atoms with E-state index in [1.807, 2.05) is 0 Å². The van der Waals surface area contributed by atoms with Crippen molar-refractivity contribution in [2.75, 3.05) is 0 Å². The molecular formula is C16H11F4N3O2. The van der Waals surface area contributed by atoms with Gasteiger partial charge in [-0.2, -0.15) is 23.3 Å². The van der Waals surface area contributed by atoms with Crippen LogP contribution in [0.2, 0.25) is 0 Å². The summed E-state index contributed by atoms with van der Waals surface area (Å²) in [6, 6.07) is 6.75. The van der Waals surface area contributed by atoms with Crippen LogP contribution in [0.4, 0.5) is 17.6 Å². The lowest BCUT2D eigenvalue weighted by molar-refractivity contribution is -0.0816. The Balaban J connectivity index is 2.07. The van der Waals surface area contributed by atoms with Crippen molar-refractivity contribution in [3.8, 4) is 0 Å². The maximum absolute atomic E-state index is 13.1. The lowest BCUT2D eigenvalue weighted by Crippen LogP contribution is -2.43. The molecule has 1 N–H and O–H groups in total. The van der Waals surface area contributed by atoms with E-state index in [2.05, 4.69) is 10.1 Å². The molecule has 1 aliphatic rings. The van der Waals surface area contributed by atoms with E-state index in [1.165, 1.54) is 24.5 Å². The number of benzene rings is 1. The third-order valence-electron chi connectivity index (χ3n) is 3.74. The first-order valence-corrected chi connectivity index (χ1v) is 7.09. The molecule has 1 atom stereocenters. The van der Waals surface area contributed by atoms with E-state index in [0.717, 1.165) is 24.3 Å². The van der Waals surface area contributed by atoms with Crippen molar-refractivity contribution in [2.24, 2.45) is 5.10 Å². The van der Waals surface area contributed by atoms with E-state index in [-0.39, 0.29) is 11.1 Å². The summed E-state index contributed by atoms with van der Waals surface area (Å²) in [6.07, 6.45) is -3.20. The van der Waals surface area contributed by atoms with Gasteiger partial charge in [-0.05, 0) is 24.3 Å². The van der Waals surface area contributed by atoms with Crippen molar-refractivity contribution in [1.29, 1.82) is 0 Å². The van der Waals surface area contributed by atoms with Gasteiger partial charge in [0.2, 0.25) is 0 Å². The summed E-state index contributed by atoms with van der Waals surface area (Å²) in [5.74, 6) is -1.57. The average Bonchev–Trinajstić information content (AvgIpc) is 2.94. The molecule has 0 fully saturated rings. The van der Waals surface area contributed by atoms with Gasteiger partial charge in [-0.25, -0.2) is 4.39 Å². The number of nitrogens with zero attached hydrogens (tertiary/aromatic N) is 3. The number of hydrogen-bond acceptors (Lipinski definition) is 4. The van der Waals surface area contributed by atoms with Crippen molar-refractivity contribution in [3.05, 3.63) is 65.7 Å². The zero-order valence-electron chi connectivity index (χ0n) is 12.5. The molecule has 0 unspecified atom stereocenters. The lowest BCUT2D eigenvalue weighted by Gasteiger charge is -2.31. The zero-order chi connectivity index (χ0) is 18.2. The molecule has 0 bridgehead atoms. The molecule has 2 aromatic rings. The van der Waals surface area contributed by atoms with Gasteiger partial charge in [0, 0.05) is 23.5 Å². The molecule has 0 aliphatic carbocycles. The zero-order valence-corrected chi connectivity index (χ0v) is 12.5. The molecular weight excluding hydrogens is 342 g/mol. The van der Waals surface area contributed by atoms with Crippen LogP contribution in [-0.4, -0.2) is 32.9 Å². The van der Waals surface area contributed by atoms with Gasteiger partial charge in [0.05, 0.1) is 6.42 Å². The number of carbonyl (C=O) groups is 1. The highest BCUT2D eigenvalue weighted by molar-refractivity contribution is 5.99. The first kappa shape index (κ1) is 17.0. The number of hydrogen-bond donors (Lipinski definition) is 1. The topological polar surface area (TPSA) is 65.8 Å². The number of halogens is 4. The molecule has 1 aromatic carbocycles. The predicted molar refractivity (Wildman–Crippen MR) is 78.8 cm³/mol. The summed E-state index contributed by atoms with van der Waals surface area (Å²) in [6.45, 7) is 0. The summed E-state index contributed by atoms with van der Waals surface area (Å²) in [5.41, 5.74) is -3.76. The Morgan fingerprint density at radius 2 is 1.72 bits per heavy atom. The Hall–Kier alpha value is -2.81. The Morgan fingerprint density at radius 1 is 1.12 bits per heavy atom. The van der Waals surface area contributed by atoms with Gasteiger partial charge in [-0.1, -0.05) is 12.1 Å². The standard InChI is InChI=1S/C16H11F4N3O2/c17-12-3-1-11(2-4-12)15(25)9-13(16(18,19)20)22-23(15)14(24)10-5-7-21-8-6-10/h1-8,25H,9H2/t15-/m0/s1. The van der Waals surface area contributed by atoms with Crippen LogP contribution in [0.5, 0.6) is 0 Å². The first-order valence-electron chi connectivity index (χ1n) is 7.09. The largest absolute Gasteiger partial charge is 0.431 e. The van der Waals surface area contributed by atoms with Crippen molar-refractivity contribution >= 4 is 11.6 Å². The summed E-state index contributed by atoms with van der Waals surface area (Å²) >= 11 is 0. The number of hydrazone groups is 1. The number of amides is 1. The number of carbonyl (C=O) groups excluding carboxylic acids is 1. The Kier molecular flexibility index (Phi) is 4.03. The highest BCUT2D eigenvalue weighted by Crippen LogP contribution is 2.40. The molecule has 0 saturated carbocycles. The van der Waals surface area contributed by atoms with Gasteiger partial charge < -0.3 is 5.11 Å². The molecule has 1 amide bonds. The van der Waals surface area contributed by atoms with Crippen LogP contribution in [0.3, 0.4) is 0 Å². The highest BCUT2D eigenvalue weighted by atomic mass is 19.4. The third-order valence-corrected chi connectivity index (χ3v) is 3.74. The Labute approximate surface area is 139 Å². The van der Waals surface area contributed by atoms with Crippen LogP contribution in [0.25, 0.3) is 0 Å². The maximum atomic E-state index is 13.1. The van der Waals surface area contributed by atoms with Gasteiger partial charge >= 0.3 is 6.18 Å². The number of aromatic nitrogens is 1. The average molecular weight is 353 g/mol. The van der Waals surface area contributed by atoms with Crippen molar-refractivity contribution < 1.29 is 27.5 Å². The molecule has 1 aliphatic heterocycles. The van der Waals surface area contributed by atoms with Crippen LogP contribution >= 0.6 is 0 Å². The molecule has 130 valence electrons. The molecule has 3 rings (SSSR count). The normalized spacial score (nSPS) is 20.5. The monoisotopic (exact) mass is 353 g/mol. The van der Waals surface area contributed by atoms with E-state index in [4.69, 9.17) is 0 Å². The third kappa shape index (κ3) is 3.10. The van der Waals surface area contributed by atoms with Gasteiger partial charge in [0.25, 0.3) is 5.91 Å². The summed E-state index contributed by atoms with van der Waals surface area (Å²) in [4.78, 5) is 16.3. The Morgan fingerprint density at radius 3 is 2.28 bits per heavy atom. The first-order chi connectivity index (χ1) is 11.7. The molecule has 1 aromatic heterocycles. The number of pyridine rings is 1. The fourth-order valence-electron chi connectivity index (χ4n) is 2.48. The van der Waals surface area contributed by atoms with Gasteiger partial charge in [0.1, 0.15) is 11.5 Å². The molecule has 0 radical (unpaired) electrons. The van der Waals surface area contributed by atoms with Gasteiger partial charge in [0.15, 0.2) is 5.72 Å². The fourth-order valence-corrected chi connectivity index (χ4v) is 2.48. The smallest absolute Gasteiger partial charge is 0.365 e. The fraction of sp³-hybridized carbons (Fsp3) is 0.188. The second-order valence-electron chi connectivity index (χ2n) is 5.40. The Bertz CT molecular complexity index is 822. The number of alkyl halides is 3. The van der Waals surface area contributed by atoms with E-state index in [9.17, 15) is 27.5 Å². The molecule has 25 heavy (non-hydrogen) atoms. The van der Waals surface area contributed by atoms with E-state index in [1.54, 1.807) is 0 Å².